The van der Waals surface area contributed by atoms with E-state index >= 15 is 0 Å². The number of ether oxygens (including phenoxy) is 1. The number of thiocarbonyl (C=S) groups is 1. The Labute approximate surface area is 117 Å². The second-order valence-corrected chi connectivity index (χ2v) is 4.91. The summed E-state index contributed by atoms with van der Waals surface area (Å²) in [7, 11) is 1.34. The molecule has 104 valence electrons. The summed E-state index contributed by atoms with van der Waals surface area (Å²) in [6, 6.07) is 1.17. The van der Waals surface area contributed by atoms with Crippen LogP contribution >= 0.6 is 12.2 Å². The quantitative estimate of drug-likeness (QED) is 0.615. The molecule has 7 heteroatoms. The molecule has 0 aromatic carbocycles. The molecular formula is C12H18N4O2S. The average Bonchev–Trinajstić information content (AvgIpc) is 2.34. The predicted octanol–water partition coefficient (Wildman–Crippen LogP) is 1.03. The number of esters is 1. The molecule has 1 atom stereocenters. The smallest absolute Gasteiger partial charge is 0.328 e. The van der Waals surface area contributed by atoms with Crippen LogP contribution in [-0.4, -0.2) is 34.1 Å². The van der Waals surface area contributed by atoms with Crippen molar-refractivity contribution in [3.63, 3.8) is 0 Å². The highest BCUT2D eigenvalue weighted by molar-refractivity contribution is 7.80. The first kappa shape index (κ1) is 15.3. The van der Waals surface area contributed by atoms with Crippen LogP contribution in [0.2, 0.25) is 0 Å². The molecule has 1 aromatic rings. The summed E-state index contributed by atoms with van der Waals surface area (Å²) in [5.41, 5.74) is 6.74. The maximum atomic E-state index is 11.7. The lowest BCUT2D eigenvalue weighted by Crippen LogP contribution is -2.36. The molecule has 1 heterocycles. The van der Waals surface area contributed by atoms with Crippen LogP contribution in [0, 0.1) is 12.8 Å². The Hall–Kier alpha value is -1.76. The second-order valence-electron chi connectivity index (χ2n) is 4.47. The molecule has 3 N–H and O–H groups in total. The molecule has 0 fully saturated rings. The standard InChI is InChI=1S/C12H18N4O2S/c1-6(2)9(11(17)18-4)16-12-14-7(3)5-8(15-12)10(13)19/h5-6,9H,1-4H3,(H2,13,19)(H,14,15,16). The number of methoxy groups -OCH3 is 1. The van der Waals surface area contributed by atoms with Crippen LogP contribution in [0.4, 0.5) is 5.95 Å². The first-order valence-electron chi connectivity index (χ1n) is 5.85. The van der Waals surface area contributed by atoms with Gasteiger partial charge in [0.05, 0.1) is 7.11 Å². The number of nitrogens with one attached hydrogen (secondary N) is 1. The van der Waals surface area contributed by atoms with Crippen LogP contribution in [0.3, 0.4) is 0 Å². The van der Waals surface area contributed by atoms with Crippen molar-refractivity contribution in [2.24, 2.45) is 11.7 Å². The van der Waals surface area contributed by atoms with Gasteiger partial charge in [0.2, 0.25) is 5.95 Å². The van der Waals surface area contributed by atoms with Crippen LogP contribution in [0.1, 0.15) is 25.2 Å². The van der Waals surface area contributed by atoms with Crippen molar-refractivity contribution in [2.75, 3.05) is 12.4 Å². The molecule has 0 radical (unpaired) electrons. The van der Waals surface area contributed by atoms with Gasteiger partial charge in [0.15, 0.2) is 0 Å². The molecule has 0 aliphatic heterocycles. The molecule has 0 aliphatic carbocycles. The van der Waals surface area contributed by atoms with E-state index in [1.165, 1.54) is 7.11 Å². The highest BCUT2D eigenvalue weighted by atomic mass is 32.1. The van der Waals surface area contributed by atoms with Gasteiger partial charge in [0, 0.05) is 5.69 Å². The third-order valence-electron chi connectivity index (χ3n) is 2.51. The minimum atomic E-state index is -0.522. The van der Waals surface area contributed by atoms with Crippen molar-refractivity contribution in [3.8, 4) is 0 Å². The fraction of sp³-hybridized carbons (Fsp3) is 0.500. The summed E-state index contributed by atoms with van der Waals surface area (Å²) in [6.07, 6.45) is 0. The van der Waals surface area contributed by atoms with Gasteiger partial charge in [-0.15, -0.1) is 0 Å². The Kier molecular flexibility index (Phi) is 5.17. The molecule has 1 aromatic heterocycles. The van der Waals surface area contributed by atoms with Crippen molar-refractivity contribution in [3.05, 3.63) is 17.5 Å². The number of carbonyl (C=O) groups excluding carboxylic acids is 1. The molecule has 0 bridgehead atoms. The van der Waals surface area contributed by atoms with E-state index < -0.39 is 6.04 Å². The van der Waals surface area contributed by atoms with Crippen LogP contribution in [0.15, 0.2) is 6.07 Å². The van der Waals surface area contributed by atoms with E-state index in [1.807, 2.05) is 13.8 Å². The van der Waals surface area contributed by atoms with E-state index in [0.717, 1.165) is 0 Å². The van der Waals surface area contributed by atoms with E-state index in [0.29, 0.717) is 17.3 Å². The number of aryl methyl sites for hydroxylation is 1. The fourth-order valence-corrected chi connectivity index (χ4v) is 1.63. The molecule has 1 unspecified atom stereocenters. The number of hydrogen-bond donors (Lipinski definition) is 2. The number of nitrogens with zero attached hydrogens (tertiary/aromatic N) is 2. The lowest BCUT2D eigenvalue weighted by atomic mass is 10.1. The van der Waals surface area contributed by atoms with Gasteiger partial charge in [-0.25, -0.2) is 14.8 Å². The zero-order valence-electron chi connectivity index (χ0n) is 11.4. The Morgan fingerprint density at radius 2 is 2.11 bits per heavy atom. The zero-order chi connectivity index (χ0) is 14.6. The molecule has 0 aliphatic rings. The SMILES string of the molecule is COC(=O)C(Nc1nc(C)cc(C(N)=S)n1)C(C)C. The Bertz CT molecular complexity index is 491. The van der Waals surface area contributed by atoms with Gasteiger partial charge in [0.1, 0.15) is 16.7 Å². The van der Waals surface area contributed by atoms with Crippen LogP contribution in [0.25, 0.3) is 0 Å². The van der Waals surface area contributed by atoms with E-state index in [4.69, 9.17) is 22.7 Å². The van der Waals surface area contributed by atoms with Gasteiger partial charge in [-0.05, 0) is 18.9 Å². The average molecular weight is 282 g/mol. The third-order valence-corrected chi connectivity index (χ3v) is 2.72. The van der Waals surface area contributed by atoms with Crippen molar-refractivity contribution in [1.29, 1.82) is 0 Å². The van der Waals surface area contributed by atoms with Crippen molar-refractivity contribution >= 4 is 29.1 Å². The Balaban J connectivity index is 3.02. The highest BCUT2D eigenvalue weighted by Crippen LogP contribution is 2.12. The molecule has 0 saturated carbocycles. The van der Waals surface area contributed by atoms with Crippen molar-refractivity contribution in [1.82, 2.24) is 9.97 Å². The lowest BCUT2D eigenvalue weighted by molar-refractivity contribution is -0.142. The molecule has 19 heavy (non-hydrogen) atoms. The van der Waals surface area contributed by atoms with E-state index in [1.54, 1.807) is 13.0 Å². The summed E-state index contributed by atoms with van der Waals surface area (Å²) >= 11 is 4.89. The topological polar surface area (TPSA) is 90.1 Å². The third kappa shape index (κ3) is 4.13. The van der Waals surface area contributed by atoms with E-state index in [9.17, 15) is 4.79 Å². The van der Waals surface area contributed by atoms with Crippen LogP contribution < -0.4 is 11.1 Å². The Morgan fingerprint density at radius 1 is 1.47 bits per heavy atom. The van der Waals surface area contributed by atoms with Gasteiger partial charge < -0.3 is 15.8 Å². The minimum absolute atomic E-state index is 0.0323. The summed E-state index contributed by atoms with van der Waals surface area (Å²) in [6.45, 7) is 5.61. The molecule has 6 nitrogen and oxygen atoms in total. The normalized spacial score (nSPS) is 12.1. The maximum Gasteiger partial charge on any atom is 0.328 e. The number of carbonyl (C=O) groups is 1. The number of aromatic nitrogens is 2. The largest absolute Gasteiger partial charge is 0.467 e. The van der Waals surface area contributed by atoms with Crippen LogP contribution in [0.5, 0.6) is 0 Å². The molecule has 0 spiro atoms. The minimum Gasteiger partial charge on any atom is -0.467 e. The number of rotatable bonds is 5. The Morgan fingerprint density at radius 3 is 2.58 bits per heavy atom. The highest BCUT2D eigenvalue weighted by Gasteiger charge is 2.24. The maximum absolute atomic E-state index is 11.7. The predicted molar refractivity (Wildman–Crippen MR) is 76.9 cm³/mol. The number of nitrogens with two attached hydrogens (primary N) is 1. The molecular weight excluding hydrogens is 264 g/mol. The molecule has 0 saturated heterocycles. The first-order valence-corrected chi connectivity index (χ1v) is 6.25. The van der Waals surface area contributed by atoms with Crippen molar-refractivity contribution in [2.45, 2.75) is 26.8 Å². The zero-order valence-corrected chi connectivity index (χ0v) is 12.2. The van der Waals surface area contributed by atoms with Gasteiger partial charge in [0.25, 0.3) is 0 Å². The van der Waals surface area contributed by atoms with Crippen LogP contribution in [-0.2, 0) is 9.53 Å². The van der Waals surface area contributed by atoms with Gasteiger partial charge >= 0.3 is 5.97 Å². The van der Waals surface area contributed by atoms with Gasteiger partial charge in [-0.2, -0.15) is 0 Å². The van der Waals surface area contributed by atoms with E-state index in [-0.39, 0.29) is 16.9 Å². The van der Waals surface area contributed by atoms with Gasteiger partial charge in [-0.1, -0.05) is 26.1 Å². The summed E-state index contributed by atoms with van der Waals surface area (Å²) in [5, 5.41) is 2.95. The number of anilines is 1. The second kappa shape index (κ2) is 6.42. The van der Waals surface area contributed by atoms with E-state index in [2.05, 4.69) is 15.3 Å². The fourth-order valence-electron chi connectivity index (χ4n) is 1.52. The summed E-state index contributed by atoms with van der Waals surface area (Å²) in [4.78, 5) is 20.2. The monoisotopic (exact) mass is 282 g/mol. The van der Waals surface area contributed by atoms with Crippen molar-refractivity contribution < 1.29 is 9.53 Å². The van der Waals surface area contributed by atoms with Gasteiger partial charge in [-0.3, -0.25) is 0 Å². The molecule has 1 rings (SSSR count). The number of hydrogen-bond acceptors (Lipinski definition) is 6. The summed E-state index contributed by atoms with van der Waals surface area (Å²) < 4.78 is 4.75. The molecule has 0 amide bonds. The summed E-state index contributed by atoms with van der Waals surface area (Å²) in [5.74, 6) is -0.0197. The lowest BCUT2D eigenvalue weighted by Gasteiger charge is -2.20. The first-order chi connectivity index (χ1) is 8.85.